The van der Waals surface area contributed by atoms with Gasteiger partial charge in [-0.1, -0.05) is 20.8 Å². The fraction of sp³-hybridized carbons (Fsp3) is 0.333. The highest BCUT2D eigenvalue weighted by atomic mass is 16.6. The Kier molecular flexibility index (Phi) is 5.19. The maximum Gasteiger partial charge on any atom is 0.274 e. The minimum absolute atomic E-state index is 0.0175. The summed E-state index contributed by atoms with van der Waals surface area (Å²) in [6.45, 7) is 5.49. The fourth-order valence-corrected chi connectivity index (χ4v) is 2.01. The lowest BCUT2D eigenvalue weighted by atomic mass is 9.93. The molecule has 2 rings (SSSR count). The van der Waals surface area contributed by atoms with E-state index in [4.69, 9.17) is 4.74 Å². The third kappa shape index (κ3) is 4.12. The molecule has 26 heavy (non-hydrogen) atoms. The van der Waals surface area contributed by atoms with Crippen molar-refractivity contribution in [2.45, 2.75) is 26.2 Å². The number of nitrogens with one attached hydrogen (secondary N) is 2. The van der Waals surface area contributed by atoms with Gasteiger partial charge in [0.05, 0.1) is 24.3 Å². The number of ether oxygens (including phenoxy) is 1. The maximum atomic E-state index is 12.0. The van der Waals surface area contributed by atoms with Crippen molar-refractivity contribution < 1.29 is 14.8 Å². The van der Waals surface area contributed by atoms with Gasteiger partial charge in [0.15, 0.2) is 11.5 Å². The minimum Gasteiger partial charge on any atom is -0.504 e. The third-order valence-corrected chi connectivity index (χ3v) is 3.30. The van der Waals surface area contributed by atoms with Gasteiger partial charge in [-0.15, -0.1) is 10.2 Å². The third-order valence-electron chi connectivity index (χ3n) is 3.30. The lowest BCUT2D eigenvalue weighted by molar-refractivity contribution is -0.385. The van der Waals surface area contributed by atoms with Crippen molar-refractivity contribution in [1.82, 2.24) is 15.2 Å². The second-order valence-corrected chi connectivity index (χ2v) is 6.31. The molecule has 0 atom stereocenters. The van der Waals surface area contributed by atoms with E-state index in [-0.39, 0.29) is 34.4 Å². The van der Waals surface area contributed by atoms with Crippen LogP contribution in [0.15, 0.2) is 22.0 Å². The van der Waals surface area contributed by atoms with Gasteiger partial charge in [-0.25, -0.2) is 5.43 Å². The van der Waals surface area contributed by atoms with Crippen LogP contribution in [0, 0.1) is 10.1 Å². The molecule has 138 valence electrons. The number of anilines is 1. The summed E-state index contributed by atoms with van der Waals surface area (Å²) >= 11 is 0. The molecule has 1 heterocycles. The minimum atomic E-state index is -0.624. The standard InChI is InChI=1S/C15H18N6O5/c1-15(2,3)12-13(23)17-14(20-18-12)19-16-7-8-5-9(21(24)25)6-10(26-4)11(8)22/h5-7,22H,1-4H3,(H2,17,19,20,23)/b16-7+. The van der Waals surface area contributed by atoms with E-state index in [2.05, 4.69) is 25.7 Å². The number of benzene rings is 1. The van der Waals surface area contributed by atoms with E-state index in [1.807, 2.05) is 20.8 Å². The van der Waals surface area contributed by atoms with Gasteiger partial charge in [-0.2, -0.15) is 5.10 Å². The van der Waals surface area contributed by atoms with E-state index in [0.717, 1.165) is 18.3 Å². The van der Waals surface area contributed by atoms with Gasteiger partial charge in [-0.05, 0) is 0 Å². The molecule has 0 aliphatic rings. The number of H-pyrrole nitrogens is 1. The maximum absolute atomic E-state index is 12.0. The van der Waals surface area contributed by atoms with Gasteiger partial charge in [0.25, 0.3) is 11.2 Å². The molecule has 0 aliphatic heterocycles. The Morgan fingerprint density at radius 1 is 1.38 bits per heavy atom. The molecule has 3 N–H and O–H groups in total. The summed E-state index contributed by atoms with van der Waals surface area (Å²) in [7, 11) is 1.27. The highest BCUT2D eigenvalue weighted by Crippen LogP contribution is 2.33. The number of methoxy groups -OCH3 is 1. The number of hydrogen-bond acceptors (Lipinski definition) is 9. The van der Waals surface area contributed by atoms with Crippen LogP contribution in [0.1, 0.15) is 32.0 Å². The second kappa shape index (κ2) is 7.17. The Labute approximate surface area is 147 Å². The van der Waals surface area contributed by atoms with E-state index in [0.29, 0.717) is 0 Å². The summed E-state index contributed by atoms with van der Waals surface area (Å²) < 4.78 is 4.90. The summed E-state index contributed by atoms with van der Waals surface area (Å²) in [5, 5.41) is 32.4. The molecule has 0 amide bonds. The molecule has 0 bridgehead atoms. The number of non-ortho nitro benzene ring substituents is 1. The van der Waals surface area contributed by atoms with Gasteiger partial charge in [0.2, 0.25) is 5.95 Å². The average molecular weight is 362 g/mol. The van der Waals surface area contributed by atoms with Crippen LogP contribution < -0.4 is 15.7 Å². The van der Waals surface area contributed by atoms with Crippen molar-refractivity contribution in [2.24, 2.45) is 5.10 Å². The SMILES string of the molecule is COc1cc([N+](=O)[O-])cc(/C=N/Nc2nnc(C(C)(C)C)c(=O)[nH]2)c1O. The molecule has 1 aromatic heterocycles. The van der Waals surface area contributed by atoms with Crippen molar-refractivity contribution in [3.8, 4) is 11.5 Å². The van der Waals surface area contributed by atoms with E-state index in [9.17, 15) is 20.0 Å². The summed E-state index contributed by atoms with van der Waals surface area (Å²) in [4.78, 5) is 24.8. The Morgan fingerprint density at radius 2 is 2.08 bits per heavy atom. The molecule has 11 heteroatoms. The first kappa shape index (κ1) is 18.8. The number of hydrazone groups is 1. The predicted molar refractivity (Wildman–Crippen MR) is 93.9 cm³/mol. The number of phenols is 1. The first-order valence-electron chi connectivity index (χ1n) is 7.45. The number of aromatic nitrogens is 3. The summed E-state index contributed by atoms with van der Waals surface area (Å²) in [5.41, 5.74) is 1.61. The number of phenolic OH excluding ortho intramolecular Hbond substituents is 1. The molecule has 0 saturated carbocycles. The van der Waals surface area contributed by atoms with Crippen LogP contribution in [0.5, 0.6) is 11.5 Å². The van der Waals surface area contributed by atoms with Crippen LogP contribution in [0.2, 0.25) is 0 Å². The number of nitrogens with zero attached hydrogens (tertiary/aromatic N) is 4. The van der Waals surface area contributed by atoms with Gasteiger partial charge < -0.3 is 9.84 Å². The number of aromatic hydroxyl groups is 1. The molecule has 11 nitrogen and oxygen atoms in total. The Morgan fingerprint density at radius 3 is 2.62 bits per heavy atom. The lowest BCUT2D eigenvalue weighted by Crippen LogP contribution is -2.28. The number of aromatic amines is 1. The highest BCUT2D eigenvalue weighted by Gasteiger charge is 2.20. The van der Waals surface area contributed by atoms with Crippen LogP contribution in [-0.4, -0.2) is 38.5 Å². The molecule has 0 saturated heterocycles. The zero-order chi connectivity index (χ0) is 19.5. The first-order valence-corrected chi connectivity index (χ1v) is 7.45. The Hall–Kier alpha value is -3.50. The van der Waals surface area contributed by atoms with Crippen LogP contribution in [0.25, 0.3) is 0 Å². The van der Waals surface area contributed by atoms with E-state index >= 15 is 0 Å². The first-order chi connectivity index (χ1) is 12.1. The topological polar surface area (TPSA) is 156 Å². The summed E-state index contributed by atoms with van der Waals surface area (Å²) in [5.74, 6) is -0.397. The molecule has 2 aromatic rings. The van der Waals surface area contributed by atoms with Gasteiger partial charge >= 0.3 is 0 Å². The van der Waals surface area contributed by atoms with Crippen LogP contribution >= 0.6 is 0 Å². The zero-order valence-corrected chi connectivity index (χ0v) is 14.6. The summed E-state index contributed by atoms with van der Waals surface area (Å²) in [6, 6.07) is 2.22. The van der Waals surface area contributed by atoms with Crippen LogP contribution in [0.4, 0.5) is 11.6 Å². The lowest BCUT2D eigenvalue weighted by Gasteiger charge is -2.15. The number of hydrogen-bond donors (Lipinski definition) is 3. The Bertz CT molecular complexity index is 916. The zero-order valence-electron chi connectivity index (χ0n) is 14.6. The number of nitro benzene ring substituents is 1. The molecule has 1 aromatic carbocycles. The predicted octanol–water partition coefficient (Wildman–Crippen LogP) is 1.53. The van der Waals surface area contributed by atoms with E-state index in [1.165, 1.54) is 7.11 Å². The quantitative estimate of drug-likeness (QED) is 0.411. The molecule has 0 aliphatic carbocycles. The highest BCUT2D eigenvalue weighted by molar-refractivity contribution is 5.86. The van der Waals surface area contributed by atoms with Gasteiger partial charge in [-0.3, -0.25) is 19.9 Å². The smallest absolute Gasteiger partial charge is 0.274 e. The normalized spacial score (nSPS) is 11.5. The molecular weight excluding hydrogens is 344 g/mol. The second-order valence-electron chi connectivity index (χ2n) is 6.31. The van der Waals surface area contributed by atoms with Crippen molar-refractivity contribution in [2.75, 3.05) is 12.5 Å². The number of nitro groups is 1. The average Bonchev–Trinajstić information content (AvgIpc) is 2.55. The molecule has 0 radical (unpaired) electrons. The van der Waals surface area contributed by atoms with Crippen molar-refractivity contribution in [1.29, 1.82) is 0 Å². The van der Waals surface area contributed by atoms with E-state index in [1.54, 1.807) is 0 Å². The monoisotopic (exact) mass is 362 g/mol. The molecule has 0 spiro atoms. The summed E-state index contributed by atoms with van der Waals surface area (Å²) in [6.07, 6.45) is 1.13. The van der Waals surface area contributed by atoms with Crippen molar-refractivity contribution in [3.05, 3.63) is 43.9 Å². The van der Waals surface area contributed by atoms with Gasteiger partial charge in [0.1, 0.15) is 5.69 Å². The fourth-order valence-electron chi connectivity index (χ4n) is 2.01. The van der Waals surface area contributed by atoms with Gasteiger partial charge in [0, 0.05) is 17.0 Å². The van der Waals surface area contributed by atoms with Crippen molar-refractivity contribution in [3.63, 3.8) is 0 Å². The van der Waals surface area contributed by atoms with Crippen LogP contribution in [-0.2, 0) is 5.41 Å². The van der Waals surface area contributed by atoms with Crippen LogP contribution in [0.3, 0.4) is 0 Å². The molecular formula is C15H18N6O5. The molecule has 0 fully saturated rings. The van der Waals surface area contributed by atoms with E-state index < -0.39 is 15.9 Å². The largest absolute Gasteiger partial charge is 0.504 e. The Balaban J connectivity index is 2.26. The molecule has 0 unspecified atom stereocenters. The number of rotatable bonds is 5. The van der Waals surface area contributed by atoms with Crippen molar-refractivity contribution >= 4 is 17.9 Å².